The van der Waals surface area contributed by atoms with Crippen molar-refractivity contribution in [1.82, 2.24) is 24.7 Å². The lowest BCUT2D eigenvalue weighted by Gasteiger charge is -2.36. The SMILES string of the molecule is CCN(CC)C(=O)CN1CCC([C@@H](C)n2c(C)c(C(=O)NCc3c(OC)cc(C)[nH]c3=O)c3ccccc32)CC1. The quantitative estimate of drug-likeness (QED) is 0.398. The molecule has 0 radical (unpaired) electrons. The number of ether oxygens (including phenoxy) is 1. The van der Waals surface area contributed by atoms with Crippen molar-refractivity contribution in [2.45, 2.75) is 60.0 Å². The molecule has 0 saturated carbocycles. The van der Waals surface area contributed by atoms with E-state index in [-0.39, 0.29) is 30.0 Å². The fourth-order valence-corrected chi connectivity index (χ4v) is 6.17. The van der Waals surface area contributed by atoms with Gasteiger partial charge in [-0.05, 0) is 78.6 Å². The van der Waals surface area contributed by atoms with Gasteiger partial charge in [0.05, 0.1) is 31.3 Å². The van der Waals surface area contributed by atoms with Gasteiger partial charge in [0, 0.05) is 41.4 Å². The topological polar surface area (TPSA) is 99.7 Å². The summed E-state index contributed by atoms with van der Waals surface area (Å²) < 4.78 is 7.69. The molecular formula is C31H43N5O4. The Morgan fingerprint density at radius 2 is 1.82 bits per heavy atom. The van der Waals surface area contributed by atoms with E-state index in [4.69, 9.17) is 4.74 Å². The number of aromatic amines is 1. The van der Waals surface area contributed by atoms with E-state index in [1.165, 1.54) is 7.11 Å². The molecule has 0 spiro atoms. The molecule has 1 aliphatic heterocycles. The molecule has 9 nitrogen and oxygen atoms in total. The van der Waals surface area contributed by atoms with Crippen LogP contribution in [0.25, 0.3) is 10.9 Å². The van der Waals surface area contributed by atoms with Crippen molar-refractivity contribution in [1.29, 1.82) is 0 Å². The second-order valence-corrected chi connectivity index (χ2v) is 10.8. The number of amides is 2. The average Bonchev–Trinajstić information content (AvgIpc) is 3.24. The van der Waals surface area contributed by atoms with E-state index >= 15 is 0 Å². The average molecular weight is 550 g/mol. The molecule has 1 atom stereocenters. The van der Waals surface area contributed by atoms with Crippen LogP contribution in [-0.4, -0.2) is 71.0 Å². The third-order valence-electron chi connectivity index (χ3n) is 8.46. The molecular weight excluding hydrogens is 506 g/mol. The molecule has 0 bridgehead atoms. The number of hydrogen-bond donors (Lipinski definition) is 2. The first-order chi connectivity index (χ1) is 19.2. The number of hydrogen-bond acceptors (Lipinski definition) is 5. The molecule has 3 aromatic rings. The maximum Gasteiger partial charge on any atom is 0.256 e. The van der Waals surface area contributed by atoms with E-state index in [9.17, 15) is 14.4 Å². The number of carbonyl (C=O) groups excluding carboxylic acids is 2. The number of likely N-dealkylation sites (tertiary alicyclic amines) is 1. The van der Waals surface area contributed by atoms with E-state index < -0.39 is 0 Å². The summed E-state index contributed by atoms with van der Waals surface area (Å²) in [6.45, 7) is 13.9. The van der Waals surface area contributed by atoms with Crippen molar-refractivity contribution in [2.24, 2.45) is 5.92 Å². The summed E-state index contributed by atoms with van der Waals surface area (Å²) in [7, 11) is 1.52. The summed E-state index contributed by atoms with van der Waals surface area (Å²) in [6, 6.07) is 9.96. The van der Waals surface area contributed by atoms with Gasteiger partial charge in [-0.1, -0.05) is 18.2 Å². The highest BCUT2D eigenvalue weighted by atomic mass is 16.5. The highest BCUT2D eigenvalue weighted by Crippen LogP contribution is 2.35. The molecule has 1 aromatic carbocycles. The molecule has 40 heavy (non-hydrogen) atoms. The van der Waals surface area contributed by atoms with Gasteiger partial charge in [-0.25, -0.2) is 0 Å². The van der Waals surface area contributed by atoms with Crippen LogP contribution in [0.3, 0.4) is 0 Å². The maximum absolute atomic E-state index is 13.6. The van der Waals surface area contributed by atoms with E-state index in [2.05, 4.69) is 32.8 Å². The Bertz CT molecular complexity index is 1410. The zero-order chi connectivity index (χ0) is 29.0. The third-order valence-corrected chi connectivity index (χ3v) is 8.46. The number of carbonyl (C=O) groups is 2. The van der Waals surface area contributed by atoms with Crippen LogP contribution in [0.2, 0.25) is 0 Å². The smallest absolute Gasteiger partial charge is 0.256 e. The minimum Gasteiger partial charge on any atom is -0.496 e. The number of aromatic nitrogens is 2. The fraction of sp³-hybridized carbons (Fsp3) is 0.516. The molecule has 1 saturated heterocycles. The summed E-state index contributed by atoms with van der Waals surface area (Å²) in [4.78, 5) is 45.7. The third kappa shape index (κ3) is 5.94. The number of piperidine rings is 1. The van der Waals surface area contributed by atoms with Gasteiger partial charge < -0.3 is 24.5 Å². The predicted octanol–water partition coefficient (Wildman–Crippen LogP) is 4.03. The van der Waals surface area contributed by atoms with Crippen molar-refractivity contribution in [2.75, 3.05) is 39.8 Å². The standard InChI is InChI=1S/C31H43N5O4/c1-7-35(8-2)28(37)19-34-15-13-23(14-16-34)21(4)36-22(5)29(24-11-9-10-12-26(24)36)31(39)32-18-25-27(40-6)17-20(3)33-30(25)38/h9-12,17,21,23H,7-8,13-16,18-19H2,1-6H3,(H,32,39)(H,33,38)/t21-/m1/s1. The van der Waals surface area contributed by atoms with Gasteiger partial charge in [-0.2, -0.15) is 0 Å². The highest BCUT2D eigenvalue weighted by Gasteiger charge is 2.30. The van der Waals surface area contributed by atoms with Crippen molar-refractivity contribution >= 4 is 22.7 Å². The van der Waals surface area contributed by atoms with E-state index in [1.807, 2.05) is 43.9 Å². The molecule has 1 fully saturated rings. The minimum absolute atomic E-state index is 0.0663. The predicted molar refractivity (Wildman–Crippen MR) is 158 cm³/mol. The summed E-state index contributed by atoms with van der Waals surface area (Å²) in [5, 5.41) is 3.86. The van der Waals surface area contributed by atoms with E-state index in [1.54, 1.807) is 13.0 Å². The van der Waals surface area contributed by atoms with Gasteiger partial charge in [-0.3, -0.25) is 19.3 Å². The lowest BCUT2D eigenvalue weighted by Crippen LogP contribution is -2.44. The van der Waals surface area contributed by atoms with Crippen molar-refractivity contribution in [3.63, 3.8) is 0 Å². The first-order valence-electron chi connectivity index (χ1n) is 14.3. The number of likely N-dealkylation sites (N-methyl/N-ethyl adjacent to an activating group) is 1. The second-order valence-electron chi connectivity index (χ2n) is 10.8. The van der Waals surface area contributed by atoms with Crippen molar-refractivity contribution in [3.05, 3.63) is 63.2 Å². The maximum atomic E-state index is 13.6. The fourth-order valence-electron chi connectivity index (χ4n) is 6.17. The Morgan fingerprint density at radius 1 is 1.15 bits per heavy atom. The van der Waals surface area contributed by atoms with Crippen LogP contribution >= 0.6 is 0 Å². The molecule has 3 heterocycles. The number of methoxy groups -OCH3 is 1. The molecule has 9 heteroatoms. The molecule has 2 N–H and O–H groups in total. The largest absolute Gasteiger partial charge is 0.496 e. The van der Waals surface area contributed by atoms with E-state index in [0.717, 1.165) is 55.6 Å². The van der Waals surface area contributed by atoms with E-state index in [0.29, 0.717) is 35.0 Å². The lowest BCUT2D eigenvalue weighted by atomic mass is 9.90. The summed E-state index contributed by atoms with van der Waals surface area (Å²) in [5.74, 6) is 0.871. The first-order valence-corrected chi connectivity index (χ1v) is 14.3. The number of nitrogens with one attached hydrogen (secondary N) is 2. The van der Waals surface area contributed by atoms with Crippen LogP contribution < -0.4 is 15.6 Å². The Kier molecular flexibility index (Phi) is 9.35. The number of para-hydroxylation sites is 1. The van der Waals surface area contributed by atoms with Gasteiger partial charge in [0.15, 0.2) is 0 Å². The number of H-pyrrole nitrogens is 1. The molecule has 2 amide bonds. The Balaban J connectivity index is 1.52. The number of rotatable bonds is 10. The summed E-state index contributed by atoms with van der Waals surface area (Å²) in [6.07, 6.45) is 1.99. The summed E-state index contributed by atoms with van der Waals surface area (Å²) >= 11 is 0. The van der Waals surface area contributed by atoms with Gasteiger partial charge in [-0.15, -0.1) is 0 Å². The van der Waals surface area contributed by atoms with Crippen LogP contribution in [0.5, 0.6) is 5.75 Å². The molecule has 0 aliphatic carbocycles. The second kappa shape index (κ2) is 12.7. The number of benzene rings is 1. The monoisotopic (exact) mass is 549 g/mol. The zero-order valence-corrected chi connectivity index (χ0v) is 24.7. The van der Waals surface area contributed by atoms with Gasteiger partial charge in [0.2, 0.25) is 5.91 Å². The van der Waals surface area contributed by atoms with Gasteiger partial charge in [0.1, 0.15) is 5.75 Å². The zero-order valence-electron chi connectivity index (χ0n) is 24.7. The molecule has 0 unspecified atom stereocenters. The number of pyridine rings is 1. The van der Waals surface area contributed by atoms with Crippen LogP contribution in [-0.2, 0) is 11.3 Å². The summed E-state index contributed by atoms with van der Waals surface area (Å²) in [5.41, 5.74) is 3.40. The van der Waals surface area contributed by atoms with Crippen molar-refractivity contribution < 1.29 is 14.3 Å². The number of fused-ring (bicyclic) bond motifs is 1. The number of nitrogens with zero attached hydrogens (tertiary/aromatic N) is 3. The molecule has 2 aromatic heterocycles. The van der Waals surface area contributed by atoms with Gasteiger partial charge >= 0.3 is 0 Å². The molecule has 1 aliphatic rings. The minimum atomic E-state index is -0.268. The Labute approximate surface area is 236 Å². The Hall–Kier alpha value is -3.59. The highest BCUT2D eigenvalue weighted by molar-refractivity contribution is 6.08. The molecule has 4 rings (SSSR count). The lowest BCUT2D eigenvalue weighted by molar-refractivity contribution is -0.132. The normalized spacial score (nSPS) is 15.2. The molecule has 216 valence electrons. The van der Waals surface area contributed by atoms with Crippen LogP contribution in [0.15, 0.2) is 35.1 Å². The van der Waals surface area contributed by atoms with Crippen LogP contribution in [0.4, 0.5) is 0 Å². The van der Waals surface area contributed by atoms with Crippen LogP contribution in [0, 0.1) is 19.8 Å². The Morgan fingerprint density at radius 3 is 2.48 bits per heavy atom. The van der Waals surface area contributed by atoms with Gasteiger partial charge in [0.25, 0.3) is 11.5 Å². The first kappa shape index (κ1) is 29.4. The number of aryl methyl sites for hydroxylation is 1. The van der Waals surface area contributed by atoms with Crippen molar-refractivity contribution in [3.8, 4) is 5.75 Å². The van der Waals surface area contributed by atoms with Crippen LogP contribution in [0.1, 0.15) is 67.0 Å².